The van der Waals surface area contributed by atoms with E-state index in [4.69, 9.17) is 0 Å². The van der Waals surface area contributed by atoms with Crippen LogP contribution < -0.4 is 4.90 Å². The Hall–Kier alpha value is -7.42. The quantitative estimate of drug-likeness (QED) is 0.169. The number of aromatic nitrogens is 1. The molecule has 0 aliphatic heterocycles. The Morgan fingerprint density at radius 3 is 1.65 bits per heavy atom. The van der Waals surface area contributed by atoms with E-state index in [2.05, 4.69) is 242 Å². The lowest BCUT2D eigenvalue weighted by molar-refractivity contribution is 0.563. The van der Waals surface area contributed by atoms with Gasteiger partial charge in [0.25, 0.3) is 0 Å². The molecule has 12 rings (SSSR count). The summed E-state index contributed by atoms with van der Waals surface area (Å²) in [5.41, 5.74) is 19.5. The number of hydrogen-bond donors (Lipinski definition) is 0. The van der Waals surface area contributed by atoms with E-state index in [1.165, 1.54) is 77.4 Å². The molecule has 2 nitrogen and oxygen atoms in total. The van der Waals surface area contributed by atoms with Crippen molar-refractivity contribution >= 4 is 38.9 Å². The average Bonchev–Trinajstić information content (AvgIpc) is 3.80. The van der Waals surface area contributed by atoms with Crippen LogP contribution in [0.3, 0.4) is 0 Å². The van der Waals surface area contributed by atoms with Gasteiger partial charge in [-0.1, -0.05) is 172 Å². The predicted molar refractivity (Wildman–Crippen MR) is 250 cm³/mol. The van der Waals surface area contributed by atoms with Crippen LogP contribution in [-0.2, 0) is 10.8 Å². The molecular formula is C58H42N2. The fourth-order valence-corrected chi connectivity index (χ4v) is 10.8. The summed E-state index contributed by atoms with van der Waals surface area (Å²) in [5, 5.41) is 2.49. The van der Waals surface area contributed by atoms with Crippen LogP contribution in [0.25, 0.3) is 49.7 Å². The van der Waals surface area contributed by atoms with Crippen LogP contribution in [0, 0.1) is 0 Å². The Morgan fingerprint density at radius 2 is 0.900 bits per heavy atom. The number of anilines is 3. The van der Waals surface area contributed by atoms with Gasteiger partial charge in [0.15, 0.2) is 0 Å². The minimum Gasteiger partial charge on any atom is -0.310 e. The van der Waals surface area contributed by atoms with Gasteiger partial charge in [-0.2, -0.15) is 0 Å². The van der Waals surface area contributed by atoms with Gasteiger partial charge in [0.1, 0.15) is 0 Å². The van der Waals surface area contributed by atoms with Gasteiger partial charge in [0.05, 0.1) is 16.4 Å². The first kappa shape index (κ1) is 34.6. The SMILES string of the molecule is CC1(C)c2ccccc2C2(c3ccccc3-c3ccccc32)c2ccc(-c3cccc(N(c4ccccc4)c4ccc5c6ccccc6n(-c6ccccc6)c5c4)c3)cc21. The lowest BCUT2D eigenvalue weighted by atomic mass is 9.55. The average molecular weight is 767 g/mol. The lowest BCUT2D eigenvalue weighted by Crippen LogP contribution is -2.40. The van der Waals surface area contributed by atoms with Gasteiger partial charge in [0, 0.05) is 38.9 Å². The van der Waals surface area contributed by atoms with Crippen molar-refractivity contribution in [1.82, 2.24) is 4.57 Å². The summed E-state index contributed by atoms with van der Waals surface area (Å²) in [7, 11) is 0. The molecule has 2 aliphatic rings. The van der Waals surface area contributed by atoms with Crippen LogP contribution >= 0.6 is 0 Å². The van der Waals surface area contributed by atoms with Crippen LogP contribution in [0.4, 0.5) is 17.1 Å². The van der Waals surface area contributed by atoms with Gasteiger partial charge in [-0.05, 0) is 116 Å². The predicted octanol–water partition coefficient (Wildman–Crippen LogP) is 14.9. The lowest BCUT2D eigenvalue weighted by Gasteiger charge is -2.46. The number of hydrogen-bond acceptors (Lipinski definition) is 1. The van der Waals surface area contributed by atoms with Gasteiger partial charge in [0.2, 0.25) is 0 Å². The van der Waals surface area contributed by atoms with Crippen molar-refractivity contribution in [3.05, 3.63) is 252 Å². The first-order valence-electron chi connectivity index (χ1n) is 21.0. The highest BCUT2D eigenvalue weighted by Crippen LogP contribution is 2.62. The molecule has 0 radical (unpaired) electrons. The summed E-state index contributed by atoms with van der Waals surface area (Å²) in [6, 6.07) is 80.9. The molecule has 1 heterocycles. The molecule has 0 amide bonds. The zero-order valence-electron chi connectivity index (χ0n) is 33.7. The topological polar surface area (TPSA) is 8.17 Å². The smallest absolute Gasteiger partial charge is 0.0719 e. The van der Waals surface area contributed by atoms with Crippen molar-refractivity contribution in [2.75, 3.05) is 4.90 Å². The number of benzene rings is 9. The minimum absolute atomic E-state index is 0.222. The Kier molecular flexibility index (Phi) is 7.52. The molecule has 60 heavy (non-hydrogen) atoms. The molecule has 2 heteroatoms. The molecule has 1 spiro atoms. The molecule has 0 saturated heterocycles. The van der Waals surface area contributed by atoms with E-state index in [-0.39, 0.29) is 5.41 Å². The first-order valence-corrected chi connectivity index (χ1v) is 21.0. The highest BCUT2D eigenvalue weighted by atomic mass is 15.1. The Morgan fingerprint density at radius 1 is 0.350 bits per heavy atom. The standard InChI is InChI=1S/C58H42N2/c1-57(2)51-29-14-15-30-52(51)58(49-27-12-9-24-45(49)46-25-10-13-28-50(46)58)53-35-32-40(37-54(53)57)39-18-17-23-43(36-39)59(41-19-5-3-6-20-41)44-33-34-48-47-26-11-16-31-55(47)60(56(48)38-44)42-21-7-4-8-22-42/h3-38H,1-2H3. The monoisotopic (exact) mass is 766 g/mol. The summed E-state index contributed by atoms with van der Waals surface area (Å²) in [4.78, 5) is 2.40. The zero-order valence-corrected chi connectivity index (χ0v) is 33.7. The number of fused-ring (bicyclic) bond motifs is 12. The molecule has 10 aromatic rings. The molecule has 0 unspecified atom stereocenters. The van der Waals surface area contributed by atoms with E-state index in [0.717, 1.165) is 22.7 Å². The number of nitrogens with zero attached hydrogens (tertiary/aromatic N) is 2. The molecule has 0 saturated carbocycles. The maximum Gasteiger partial charge on any atom is 0.0719 e. The molecule has 0 atom stereocenters. The van der Waals surface area contributed by atoms with Gasteiger partial charge >= 0.3 is 0 Å². The second kappa shape index (κ2) is 13.0. The summed E-state index contributed by atoms with van der Waals surface area (Å²) >= 11 is 0. The van der Waals surface area contributed by atoms with Crippen molar-refractivity contribution in [2.24, 2.45) is 0 Å². The summed E-state index contributed by atoms with van der Waals surface area (Å²) in [5.74, 6) is 0. The fourth-order valence-electron chi connectivity index (χ4n) is 10.8. The van der Waals surface area contributed by atoms with E-state index >= 15 is 0 Å². The van der Waals surface area contributed by atoms with Gasteiger partial charge in [-0.25, -0.2) is 0 Å². The van der Waals surface area contributed by atoms with Crippen molar-refractivity contribution < 1.29 is 0 Å². The van der Waals surface area contributed by atoms with Crippen molar-refractivity contribution in [3.63, 3.8) is 0 Å². The van der Waals surface area contributed by atoms with Crippen LogP contribution in [0.2, 0.25) is 0 Å². The third-order valence-electron chi connectivity index (χ3n) is 13.4. The highest BCUT2D eigenvalue weighted by Gasteiger charge is 2.53. The molecule has 2 aliphatic carbocycles. The van der Waals surface area contributed by atoms with Gasteiger partial charge in [-0.3, -0.25) is 0 Å². The van der Waals surface area contributed by atoms with Crippen LogP contribution in [0.5, 0.6) is 0 Å². The van der Waals surface area contributed by atoms with Crippen LogP contribution in [-0.4, -0.2) is 4.57 Å². The molecular weight excluding hydrogens is 725 g/mol. The molecule has 284 valence electrons. The van der Waals surface area contributed by atoms with E-state index in [1.54, 1.807) is 0 Å². The van der Waals surface area contributed by atoms with E-state index < -0.39 is 5.41 Å². The summed E-state index contributed by atoms with van der Waals surface area (Å²) < 4.78 is 2.40. The fraction of sp³-hybridized carbons (Fsp3) is 0.0690. The third-order valence-corrected chi connectivity index (χ3v) is 13.4. The second-order valence-electron chi connectivity index (χ2n) is 16.9. The van der Waals surface area contributed by atoms with E-state index in [0.29, 0.717) is 0 Å². The zero-order chi connectivity index (χ0) is 40.0. The van der Waals surface area contributed by atoms with Crippen LogP contribution in [0.1, 0.15) is 47.2 Å². The number of rotatable bonds is 5. The third kappa shape index (κ3) is 4.82. The highest BCUT2D eigenvalue weighted by molar-refractivity contribution is 6.10. The van der Waals surface area contributed by atoms with Gasteiger partial charge < -0.3 is 9.47 Å². The molecule has 9 aromatic carbocycles. The molecule has 0 fully saturated rings. The van der Waals surface area contributed by atoms with Crippen molar-refractivity contribution in [2.45, 2.75) is 24.7 Å². The van der Waals surface area contributed by atoms with Crippen LogP contribution in [0.15, 0.2) is 218 Å². The molecule has 1 aromatic heterocycles. The summed E-state index contributed by atoms with van der Waals surface area (Å²) in [6.07, 6.45) is 0. The summed E-state index contributed by atoms with van der Waals surface area (Å²) in [6.45, 7) is 4.82. The second-order valence-corrected chi connectivity index (χ2v) is 16.9. The van der Waals surface area contributed by atoms with E-state index in [9.17, 15) is 0 Å². The maximum absolute atomic E-state index is 2.49. The van der Waals surface area contributed by atoms with Crippen molar-refractivity contribution in [3.8, 4) is 27.9 Å². The molecule has 0 N–H and O–H groups in total. The van der Waals surface area contributed by atoms with Crippen molar-refractivity contribution in [1.29, 1.82) is 0 Å². The Labute approximate surface area is 351 Å². The normalized spacial score (nSPS) is 14.1. The van der Waals surface area contributed by atoms with Gasteiger partial charge in [-0.15, -0.1) is 0 Å². The minimum atomic E-state index is -0.403. The largest absolute Gasteiger partial charge is 0.310 e. The Bertz CT molecular complexity index is 3250. The van der Waals surface area contributed by atoms with E-state index in [1.807, 2.05) is 0 Å². The maximum atomic E-state index is 2.49. The number of para-hydroxylation sites is 3. The molecule has 0 bridgehead atoms. The first-order chi connectivity index (χ1) is 29.5. The Balaban J connectivity index is 1.04.